The summed E-state index contributed by atoms with van der Waals surface area (Å²) in [6.07, 6.45) is -6.93. The van der Waals surface area contributed by atoms with Gasteiger partial charge in [-0.25, -0.2) is 0 Å². The van der Waals surface area contributed by atoms with E-state index in [1.165, 1.54) is 23.0 Å². The molecule has 1 heterocycles. The first kappa shape index (κ1) is 31.7. The van der Waals surface area contributed by atoms with Crippen LogP contribution in [0.25, 0.3) is 6.08 Å². The fourth-order valence-corrected chi connectivity index (χ4v) is 4.93. The number of carbonyl (C=O) groups is 2. The molecule has 0 radical (unpaired) electrons. The standard InChI is InChI=1S/C32H30F6N2O3/c1-20-4-5-23(14-21(20)2)15-27-19-39(29(41)11-8-22-6-9-28(43-3)10-7-22)12-13-40(27)30(42)24-16-25(31(33,34)35)18-26(17-24)32(36,37)38/h4-11,14,16-18,27H,12-13,15,19H2,1-3H3/b11-8+. The van der Waals surface area contributed by atoms with E-state index in [2.05, 4.69) is 0 Å². The van der Waals surface area contributed by atoms with Crippen molar-refractivity contribution in [3.8, 4) is 5.75 Å². The predicted molar refractivity (Wildman–Crippen MR) is 149 cm³/mol. The van der Waals surface area contributed by atoms with Gasteiger partial charge in [-0.05, 0) is 78.9 Å². The number of alkyl halides is 6. The zero-order chi connectivity index (χ0) is 31.5. The largest absolute Gasteiger partial charge is 0.497 e. The van der Waals surface area contributed by atoms with E-state index in [0.29, 0.717) is 17.9 Å². The summed E-state index contributed by atoms with van der Waals surface area (Å²) in [6.45, 7) is 3.84. The molecule has 1 saturated heterocycles. The Bertz CT molecular complexity index is 1480. The van der Waals surface area contributed by atoms with Crippen molar-refractivity contribution in [2.75, 3.05) is 26.7 Å². The van der Waals surface area contributed by atoms with Gasteiger partial charge >= 0.3 is 12.4 Å². The average Bonchev–Trinajstić information content (AvgIpc) is 2.96. The van der Waals surface area contributed by atoms with E-state index in [9.17, 15) is 35.9 Å². The van der Waals surface area contributed by atoms with Crippen molar-refractivity contribution < 1.29 is 40.7 Å². The van der Waals surface area contributed by atoms with Crippen molar-refractivity contribution in [2.45, 2.75) is 38.7 Å². The number of ether oxygens (including phenoxy) is 1. The lowest BCUT2D eigenvalue weighted by molar-refractivity contribution is -0.143. The SMILES string of the molecule is COc1ccc(/C=C/C(=O)N2CCN(C(=O)c3cc(C(F)(F)F)cc(C(F)(F)F)c3)C(Cc3ccc(C)c(C)c3)C2)cc1. The lowest BCUT2D eigenvalue weighted by atomic mass is 9.97. The third kappa shape index (κ3) is 7.77. The van der Waals surface area contributed by atoms with E-state index >= 15 is 0 Å². The molecule has 4 rings (SSSR count). The Labute approximate surface area is 245 Å². The Hall–Kier alpha value is -4.28. The number of amides is 2. The molecule has 3 aromatic rings. The van der Waals surface area contributed by atoms with Gasteiger partial charge in [0.25, 0.3) is 5.91 Å². The number of benzene rings is 3. The Morgan fingerprint density at radius 1 is 0.860 bits per heavy atom. The van der Waals surface area contributed by atoms with Crippen molar-refractivity contribution in [1.29, 1.82) is 0 Å². The van der Waals surface area contributed by atoms with Gasteiger partial charge < -0.3 is 14.5 Å². The van der Waals surface area contributed by atoms with Crippen LogP contribution in [0.4, 0.5) is 26.3 Å². The predicted octanol–water partition coefficient (Wildman–Crippen LogP) is 6.96. The van der Waals surface area contributed by atoms with Crippen LogP contribution in [0.1, 0.15) is 43.7 Å². The first-order chi connectivity index (χ1) is 20.2. The van der Waals surface area contributed by atoms with E-state index in [4.69, 9.17) is 4.74 Å². The Morgan fingerprint density at radius 2 is 1.49 bits per heavy atom. The van der Waals surface area contributed by atoms with Crippen LogP contribution in [0.15, 0.2) is 66.7 Å². The summed E-state index contributed by atoms with van der Waals surface area (Å²) in [4.78, 5) is 29.5. The molecule has 0 spiro atoms. The average molecular weight is 605 g/mol. The van der Waals surface area contributed by atoms with Gasteiger partial charge in [-0.15, -0.1) is 0 Å². The molecule has 0 aliphatic carbocycles. The molecular weight excluding hydrogens is 574 g/mol. The molecule has 228 valence electrons. The summed E-state index contributed by atoms with van der Waals surface area (Å²) < 4.78 is 86.1. The van der Waals surface area contributed by atoms with Crippen LogP contribution >= 0.6 is 0 Å². The molecule has 1 aliphatic rings. The highest BCUT2D eigenvalue weighted by Gasteiger charge is 2.39. The molecule has 1 unspecified atom stereocenters. The van der Waals surface area contributed by atoms with Crippen LogP contribution in [-0.2, 0) is 23.6 Å². The monoisotopic (exact) mass is 604 g/mol. The van der Waals surface area contributed by atoms with Crippen molar-refractivity contribution >= 4 is 17.9 Å². The lowest BCUT2D eigenvalue weighted by Gasteiger charge is -2.41. The minimum Gasteiger partial charge on any atom is -0.497 e. The Morgan fingerprint density at radius 3 is 2.05 bits per heavy atom. The van der Waals surface area contributed by atoms with Gasteiger partial charge in [-0.1, -0.05) is 30.3 Å². The molecule has 0 aromatic heterocycles. The smallest absolute Gasteiger partial charge is 0.416 e. The number of aryl methyl sites for hydroxylation is 2. The minimum absolute atomic E-state index is 0.00486. The maximum absolute atomic E-state index is 13.6. The van der Waals surface area contributed by atoms with E-state index in [1.54, 1.807) is 30.3 Å². The van der Waals surface area contributed by atoms with Crippen LogP contribution in [0.2, 0.25) is 0 Å². The van der Waals surface area contributed by atoms with Crippen LogP contribution in [0.5, 0.6) is 5.75 Å². The fraction of sp³-hybridized carbons (Fsp3) is 0.312. The number of hydrogen-bond acceptors (Lipinski definition) is 3. The number of hydrogen-bond donors (Lipinski definition) is 0. The summed E-state index contributed by atoms with van der Waals surface area (Å²) in [7, 11) is 1.54. The van der Waals surface area contributed by atoms with Gasteiger partial charge in [0.2, 0.25) is 5.91 Å². The van der Waals surface area contributed by atoms with Gasteiger partial charge in [0.05, 0.1) is 24.3 Å². The van der Waals surface area contributed by atoms with Crippen molar-refractivity contribution in [3.63, 3.8) is 0 Å². The minimum atomic E-state index is -5.09. The lowest BCUT2D eigenvalue weighted by Crippen LogP contribution is -2.57. The summed E-state index contributed by atoms with van der Waals surface area (Å²) in [5.41, 5.74) is -0.263. The number of nitrogens with zero attached hydrogens (tertiary/aromatic N) is 2. The van der Waals surface area contributed by atoms with Gasteiger partial charge in [0.1, 0.15) is 5.75 Å². The van der Waals surface area contributed by atoms with Crippen LogP contribution in [0.3, 0.4) is 0 Å². The molecule has 5 nitrogen and oxygen atoms in total. The topological polar surface area (TPSA) is 49.9 Å². The second-order valence-electron chi connectivity index (χ2n) is 10.5. The molecule has 1 fully saturated rings. The molecular formula is C32H30F6N2O3. The van der Waals surface area contributed by atoms with E-state index in [0.717, 1.165) is 22.3 Å². The van der Waals surface area contributed by atoms with Crippen LogP contribution < -0.4 is 4.74 Å². The quantitative estimate of drug-likeness (QED) is 0.226. The molecule has 3 aromatic carbocycles. The molecule has 0 saturated carbocycles. The van der Waals surface area contributed by atoms with Crippen molar-refractivity contribution in [1.82, 2.24) is 9.80 Å². The number of piperazine rings is 1. The molecule has 11 heteroatoms. The van der Waals surface area contributed by atoms with Crippen LogP contribution in [-0.4, -0.2) is 54.4 Å². The Balaban J connectivity index is 1.64. The molecule has 2 amide bonds. The number of rotatable bonds is 6. The molecule has 0 bridgehead atoms. The maximum Gasteiger partial charge on any atom is 0.416 e. The van der Waals surface area contributed by atoms with Crippen molar-refractivity contribution in [3.05, 3.63) is 106 Å². The van der Waals surface area contributed by atoms with Crippen molar-refractivity contribution in [2.24, 2.45) is 0 Å². The number of methoxy groups -OCH3 is 1. The molecule has 1 atom stereocenters. The third-order valence-corrected chi connectivity index (χ3v) is 7.47. The second kappa shape index (κ2) is 12.5. The van der Waals surface area contributed by atoms with Crippen LogP contribution in [0, 0.1) is 13.8 Å². The number of halogens is 6. The van der Waals surface area contributed by atoms with Gasteiger partial charge in [0.15, 0.2) is 0 Å². The first-order valence-corrected chi connectivity index (χ1v) is 13.4. The second-order valence-corrected chi connectivity index (χ2v) is 10.5. The van der Waals surface area contributed by atoms with E-state index < -0.39 is 41.0 Å². The third-order valence-electron chi connectivity index (χ3n) is 7.47. The zero-order valence-electron chi connectivity index (χ0n) is 23.7. The summed E-state index contributed by atoms with van der Waals surface area (Å²) in [5, 5.41) is 0. The zero-order valence-corrected chi connectivity index (χ0v) is 23.7. The first-order valence-electron chi connectivity index (χ1n) is 13.4. The van der Waals surface area contributed by atoms with Gasteiger partial charge in [-0.2, -0.15) is 26.3 Å². The maximum atomic E-state index is 13.6. The summed E-state index contributed by atoms with van der Waals surface area (Å²) >= 11 is 0. The fourth-order valence-electron chi connectivity index (χ4n) is 4.93. The number of carbonyl (C=O) groups excluding carboxylic acids is 2. The summed E-state index contributed by atoms with van der Waals surface area (Å²) in [6, 6.07) is 12.9. The molecule has 0 N–H and O–H groups in total. The molecule has 1 aliphatic heterocycles. The molecule has 43 heavy (non-hydrogen) atoms. The van der Waals surface area contributed by atoms with Gasteiger partial charge in [0, 0.05) is 31.3 Å². The Kier molecular flexibility index (Phi) is 9.22. The van der Waals surface area contributed by atoms with E-state index in [1.807, 2.05) is 32.0 Å². The highest BCUT2D eigenvalue weighted by atomic mass is 19.4. The van der Waals surface area contributed by atoms with E-state index in [-0.39, 0.29) is 38.0 Å². The highest BCUT2D eigenvalue weighted by molar-refractivity contribution is 5.96. The highest BCUT2D eigenvalue weighted by Crippen LogP contribution is 2.37. The summed E-state index contributed by atoms with van der Waals surface area (Å²) in [5.74, 6) is -0.653. The van der Waals surface area contributed by atoms with Gasteiger partial charge in [-0.3, -0.25) is 9.59 Å². The normalized spacial score (nSPS) is 16.1.